The number of thioether (sulfide) groups is 1. The van der Waals surface area contributed by atoms with Gasteiger partial charge in [0.05, 0.1) is 22.8 Å². The lowest BCUT2D eigenvalue weighted by Crippen LogP contribution is -2.37. The Balaban J connectivity index is 1.43. The number of rotatable bonds is 6. The number of fused-ring (bicyclic) bond motifs is 1. The van der Waals surface area contributed by atoms with Crippen LogP contribution >= 0.6 is 24.0 Å². The monoisotopic (exact) mass is 483 g/mol. The van der Waals surface area contributed by atoms with Gasteiger partial charge in [-0.2, -0.15) is 5.10 Å². The Morgan fingerprint density at radius 2 is 1.79 bits per heavy atom. The number of para-hydroxylation sites is 1. The molecule has 0 aliphatic carbocycles. The standard InChI is InChI=1S/C27H25N5S2/c1-34-21-12-10-20(11-13-21)24-18-25(22-8-5-9-23-26(22)29-17-16-28-23)32(31-24)27(33)30-15-14-19-6-3-2-4-7-19/h2-13,16-17,25H,14-15,18H2,1H3,(H,30,33)/t25-/m1/s1. The summed E-state index contributed by atoms with van der Waals surface area (Å²) in [6, 6.07) is 25.1. The third-order valence-electron chi connectivity index (χ3n) is 5.96. The number of thiocarbonyl (C=S) groups is 1. The molecule has 1 aliphatic heterocycles. The fourth-order valence-electron chi connectivity index (χ4n) is 4.22. The van der Waals surface area contributed by atoms with Crippen LogP contribution in [0.5, 0.6) is 0 Å². The average Bonchev–Trinajstić information content (AvgIpc) is 3.34. The summed E-state index contributed by atoms with van der Waals surface area (Å²) >= 11 is 7.58. The molecule has 7 heteroatoms. The predicted octanol–water partition coefficient (Wildman–Crippen LogP) is 5.62. The molecule has 5 rings (SSSR count). The van der Waals surface area contributed by atoms with Crippen LogP contribution in [0.4, 0.5) is 0 Å². The number of hydrazone groups is 1. The van der Waals surface area contributed by atoms with Crippen LogP contribution < -0.4 is 5.32 Å². The quantitative estimate of drug-likeness (QED) is 0.284. The van der Waals surface area contributed by atoms with Crippen LogP contribution in [0.2, 0.25) is 0 Å². The molecule has 34 heavy (non-hydrogen) atoms. The first-order valence-electron chi connectivity index (χ1n) is 11.3. The van der Waals surface area contributed by atoms with Crippen molar-refractivity contribution in [3.05, 3.63) is 102 Å². The Labute approximate surface area is 209 Å². The van der Waals surface area contributed by atoms with Crippen molar-refractivity contribution in [2.75, 3.05) is 12.8 Å². The van der Waals surface area contributed by atoms with Gasteiger partial charge in [0.2, 0.25) is 0 Å². The maximum atomic E-state index is 5.84. The smallest absolute Gasteiger partial charge is 0.190 e. The summed E-state index contributed by atoms with van der Waals surface area (Å²) in [5.74, 6) is 0. The Kier molecular flexibility index (Phi) is 6.83. The van der Waals surface area contributed by atoms with E-state index in [1.165, 1.54) is 10.5 Å². The van der Waals surface area contributed by atoms with Gasteiger partial charge in [-0.3, -0.25) is 9.97 Å². The lowest BCUT2D eigenvalue weighted by Gasteiger charge is -2.25. The molecule has 0 saturated carbocycles. The molecular formula is C27H25N5S2. The van der Waals surface area contributed by atoms with Crippen molar-refractivity contribution >= 4 is 45.8 Å². The number of nitrogens with one attached hydrogen (secondary N) is 1. The Hall–Kier alpha value is -3.29. The second-order valence-electron chi connectivity index (χ2n) is 8.08. The zero-order chi connectivity index (χ0) is 23.3. The van der Waals surface area contributed by atoms with Crippen LogP contribution in [0.1, 0.15) is 29.2 Å². The predicted molar refractivity (Wildman–Crippen MR) is 144 cm³/mol. The third-order valence-corrected chi connectivity index (χ3v) is 7.04. The van der Waals surface area contributed by atoms with Gasteiger partial charge in [-0.05, 0) is 54.2 Å². The maximum absolute atomic E-state index is 5.84. The fourth-order valence-corrected chi connectivity index (χ4v) is 4.90. The van der Waals surface area contributed by atoms with Crippen molar-refractivity contribution in [2.24, 2.45) is 5.10 Å². The van der Waals surface area contributed by atoms with Crippen molar-refractivity contribution in [3.8, 4) is 0 Å². The highest BCUT2D eigenvalue weighted by molar-refractivity contribution is 7.98. The van der Waals surface area contributed by atoms with Gasteiger partial charge >= 0.3 is 0 Å². The summed E-state index contributed by atoms with van der Waals surface area (Å²) in [6.45, 7) is 0.745. The molecule has 0 spiro atoms. The molecule has 3 aromatic carbocycles. The van der Waals surface area contributed by atoms with Gasteiger partial charge in [0.15, 0.2) is 5.11 Å². The first-order valence-corrected chi connectivity index (χ1v) is 12.9. The van der Waals surface area contributed by atoms with E-state index in [2.05, 4.69) is 76.1 Å². The van der Waals surface area contributed by atoms with Gasteiger partial charge in [-0.1, -0.05) is 54.6 Å². The van der Waals surface area contributed by atoms with Gasteiger partial charge < -0.3 is 5.32 Å². The highest BCUT2D eigenvalue weighted by Gasteiger charge is 2.32. The van der Waals surface area contributed by atoms with Crippen LogP contribution in [0.3, 0.4) is 0 Å². The zero-order valence-electron chi connectivity index (χ0n) is 18.9. The number of hydrogen-bond donors (Lipinski definition) is 1. The first-order chi connectivity index (χ1) is 16.7. The van der Waals surface area contributed by atoms with Crippen molar-refractivity contribution in [1.29, 1.82) is 0 Å². The van der Waals surface area contributed by atoms with Gasteiger partial charge in [0.25, 0.3) is 0 Å². The van der Waals surface area contributed by atoms with Crippen LogP contribution in [-0.2, 0) is 6.42 Å². The van der Waals surface area contributed by atoms with E-state index in [0.29, 0.717) is 5.11 Å². The van der Waals surface area contributed by atoms with Crippen LogP contribution in [0.15, 0.2) is 95.2 Å². The van der Waals surface area contributed by atoms with Gasteiger partial charge in [0.1, 0.15) is 0 Å². The SMILES string of the molecule is CSc1ccc(C2=NN(C(=S)NCCc3ccccc3)[C@@H](c3cccc4nccnc34)C2)cc1. The number of hydrogen-bond acceptors (Lipinski definition) is 5. The third kappa shape index (κ3) is 4.81. The average molecular weight is 484 g/mol. The molecule has 2 heterocycles. The minimum absolute atomic E-state index is 0.0487. The van der Waals surface area contributed by atoms with Crippen molar-refractivity contribution < 1.29 is 0 Å². The summed E-state index contributed by atoms with van der Waals surface area (Å²) < 4.78 is 0. The van der Waals surface area contributed by atoms with E-state index < -0.39 is 0 Å². The second kappa shape index (κ2) is 10.3. The highest BCUT2D eigenvalue weighted by Crippen LogP contribution is 2.35. The summed E-state index contributed by atoms with van der Waals surface area (Å²) in [4.78, 5) is 10.4. The lowest BCUT2D eigenvalue weighted by atomic mass is 9.97. The molecule has 0 unspecified atom stereocenters. The van der Waals surface area contributed by atoms with E-state index in [0.717, 1.165) is 47.3 Å². The Morgan fingerprint density at radius 1 is 1.00 bits per heavy atom. The molecule has 1 aliphatic rings. The van der Waals surface area contributed by atoms with Crippen molar-refractivity contribution in [3.63, 3.8) is 0 Å². The lowest BCUT2D eigenvalue weighted by molar-refractivity contribution is 0.366. The van der Waals surface area contributed by atoms with Crippen molar-refractivity contribution in [1.82, 2.24) is 20.3 Å². The summed E-state index contributed by atoms with van der Waals surface area (Å²) in [7, 11) is 0. The number of nitrogens with zero attached hydrogens (tertiary/aromatic N) is 4. The minimum atomic E-state index is -0.0487. The van der Waals surface area contributed by atoms with E-state index >= 15 is 0 Å². The van der Waals surface area contributed by atoms with Crippen LogP contribution in [0.25, 0.3) is 11.0 Å². The Bertz CT molecular complexity index is 1320. The first kappa shape index (κ1) is 22.5. The fraction of sp³-hybridized carbons (Fsp3) is 0.185. The molecule has 5 nitrogen and oxygen atoms in total. The van der Waals surface area contributed by atoms with Gasteiger partial charge in [0, 0.05) is 35.8 Å². The maximum Gasteiger partial charge on any atom is 0.190 e. The molecule has 4 aromatic rings. The largest absolute Gasteiger partial charge is 0.361 e. The van der Waals surface area contributed by atoms with Gasteiger partial charge in [-0.15, -0.1) is 11.8 Å². The zero-order valence-corrected chi connectivity index (χ0v) is 20.5. The van der Waals surface area contributed by atoms with E-state index in [1.807, 2.05) is 23.2 Å². The van der Waals surface area contributed by atoms with Crippen molar-refractivity contribution in [2.45, 2.75) is 23.8 Å². The molecule has 0 fully saturated rings. The topological polar surface area (TPSA) is 53.4 Å². The molecule has 1 atom stereocenters. The second-order valence-corrected chi connectivity index (χ2v) is 9.34. The van der Waals surface area contributed by atoms with Crippen LogP contribution in [0, 0.1) is 0 Å². The van der Waals surface area contributed by atoms with E-state index in [4.69, 9.17) is 17.3 Å². The van der Waals surface area contributed by atoms with E-state index in [9.17, 15) is 0 Å². The normalized spacial score (nSPS) is 15.4. The summed E-state index contributed by atoms with van der Waals surface area (Å²) in [6.07, 6.45) is 7.19. The minimum Gasteiger partial charge on any atom is -0.361 e. The summed E-state index contributed by atoms with van der Waals surface area (Å²) in [5.41, 5.74) is 6.26. The van der Waals surface area contributed by atoms with E-state index in [-0.39, 0.29) is 6.04 Å². The molecule has 1 N–H and O–H groups in total. The molecule has 1 aromatic heterocycles. The summed E-state index contributed by atoms with van der Waals surface area (Å²) in [5, 5.41) is 11.0. The molecule has 0 radical (unpaired) electrons. The number of benzene rings is 3. The van der Waals surface area contributed by atoms with E-state index in [1.54, 1.807) is 24.2 Å². The van der Waals surface area contributed by atoms with Crippen LogP contribution in [-0.4, -0.2) is 38.6 Å². The molecule has 170 valence electrons. The highest BCUT2D eigenvalue weighted by atomic mass is 32.2. The molecule has 0 saturated heterocycles. The molecular weight excluding hydrogens is 458 g/mol. The number of aromatic nitrogens is 2. The molecule has 0 bridgehead atoms. The van der Waals surface area contributed by atoms with Gasteiger partial charge in [-0.25, -0.2) is 5.01 Å². The molecule has 0 amide bonds. The Morgan fingerprint density at radius 3 is 2.59 bits per heavy atom.